The Hall–Kier alpha value is -5.51. The molecule has 3 aromatic carbocycles. The predicted molar refractivity (Wildman–Crippen MR) is 218 cm³/mol. The largest absolute Gasteiger partial charge is 0.455 e. The molecule has 0 spiro atoms. The molecule has 3 aliphatic rings. The van der Waals surface area contributed by atoms with Crippen molar-refractivity contribution in [3.05, 3.63) is 111 Å². The van der Waals surface area contributed by atoms with Crippen LogP contribution in [0.3, 0.4) is 0 Å². The predicted octanol–water partition coefficient (Wildman–Crippen LogP) is 7.12. The van der Waals surface area contributed by atoms with E-state index in [2.05, 4.69) is 54.9 Å². The SMILES string of the molecule is Cc1cccc2c1CCCC[C@H]2N1CCN(c2ccc(C(=O)NS(=O)(=O)c3ccc(NCC4CCOCC4)c([N+](=O)[O-])c3)c(Oc3cnc4[nH]ccc4c3)c2)CC1. The Bertz CT molecular complexity index is 2390. The molecule has 14 nitrogen and oxygen atoms in total. The molecule has 57 heavy (non-hydrogen) atoms. The van der Waals surface area contributed by atoms with Crippen molar-refractivity contribution in [1.82, 2.24) is 19.6 Å². The summed E-state index contributed by atoms with van der Waals surface area (Å²) in [6.07, 6.45) is 9.60. The van der Waals surface area contributed by atoms with Crippen molar-refractivity contribution in [2.24, 2.45) is 5.92 Å². The Balaban J connectivity index is 1.02. The van der Waals surface area contributed by atoms with Crippen molar-refractivity contribution in [2.75, 3.05) is 56.2 Å². The zero-order valence-corrected chi connectivity index (χ0v) is 32.7. The Morgan fingerprint density at radius 2 is 1.84 bits per heavy atom. The summed E-state index contributed by atoms with van der Waals surface area (Å²) >= 11 is 0. The fraction of sp³-hybridized carbons (Fsp3) is 0.381. The smallest absolute Gasteiger partial charge is 0.293 e. The normalized spacial score (nSPS) is 18.1. The first kappa shape index (κ1) is 38.4. The number of benzene rings is 3. The van der Waals surface area contributed by atoms with Gasteiger partial charge in [-0.3, -0.25) is 19.8 Å². The number of aromatic nitrogens is 2. The minimum atomic E-state index is -4.54. The zero-order valence-electron chi connectivity index (χ0n) is 31.9. The number of pyridine rings is 1. The van der Waals surface area contributed by atoms with Gasteiger partial charge in [0.2, 0.25) is 0 Å². The number of nitro groups is 1. The molecular weight excluding hydrogens is 747 g/mol. The number of aryl methyl sites for hydroxylation is 1. The summed E-state index contributed by atoms with van der Waals surface area (Å²) in [5, 5.41) is 15.9. The molecule has 0 bridgehead atoms. The molecule has 8 rings (SSSR count). The maximum atomic E-state index is 13.9. The number of hydrogen-bond donors (Lipinski definition) is 3. The number of fused-ring (bicyclic) bond motifs is 2. The molecule has 15 heteroatoms. The first-order chi connectivity index (χ1) is 27.6. The number of anilines is 2. The highest BCUT2D eigenvalue weighted by Gasteiger charge is 2.30. The number of carbonyl (C=O) groups is 1. The number of piperazine rings is 1. The lowest BCUT2D eigenvalue weighted by atomic mass is 9.94. The number of nitro benzene ring substituents is 1. The summed E-state index contributed by atoms with van der Waals surface area (Å²) in [4.78, 5) is 37.2. The second kappa shape index (κ2) is 16.5. The third-order valence-electron chi connectivity index (χ3n) is 11.5. The molecule has 1 aliphatic carbocycles. The van der Waals surface area contributed by atoms with E-state index in [1.807, 2.05) is 6.07 Å². The van der Waals surface area contributed by atoms with Gasteiger partial charge in [0.25, 0.3) is 21.6 Å². The zero-order chi connectivity index (χ0) is 39.5. The quantitative estimate of drug-likeness (QED) is 0.0707. The molecule has 0 unspecified atom stereocenters. The number of H-pyrrole nitrogens is 1. The van der Waals surface area contributed by atoms with Gasteiger partial charge in [0.15, 0.2) is 0 Å². The van der Waals surface area contributed by atoms with Gasteiger partial charge in [-0.05, 0) is 98.0 Å². The molecule has 298 valence electrons. The fourth-order valence-electron chi connectivity index (χ4n) is 8.35. The summed E-state index contributed by atoms with van der Waals surface area (Å²) < 4.78 is 41.1. The Morgan fingerprint density at radius 1 is 1.02 bits per heavy atom. The van der Waals surface area contributed by atoms with E-state index < -0.39 is 31.4 Å². The van der Waals surface area contributed by atoms with Crippen LogP contribution in [0, 0.1) is 23.0 Å². The summed E-state index contributed by atoms with van der Waals surface area (Å²) in [6.45, 7) is 7.20. The van der Waals surface area contributed by atoms with Gasteiger partial charge in [0.05, 0.1) is 21.6 Å². The second-order valence-electron chi connectivity index (χ2n) is 15.1. The number of nitrogens with zero attached hydrogens (tertiary/aromatic N) is 4. The van der Waals surface area contributed by atoms with Crippen molar-refractivity contribution >= 4 is 44.0 Å². The molecule has 2 saturated heterocycles. The summed E-state index contributed by atoms with van der Waals surface area (Å²) in [7, 11) is -4.54. The Labute approximate surface area is 331 Å². The lowest BCUT2D eigenvalue weighted by Gasteiger charge is -2.41. The van der Waals surface area contributed by atoms with E-state index in [-0.39, 0.29) is 22.9 Å². The molecule has 3 N–H and O–H groups in total. The standard InChI is InChI=1S/C42H47N7O7S/c1-28-5-4-7-35-34(28)6-2-3-8-38(35)48-19-17-47(18-20-48)31-9-11-36(40(24-31)56-32-23-30-13-16-43-41(30)45-27-32)42(50)46-57(53,54)33-10-12-37(39(25-33)49(51)52)44-26-29-14-21-55-22-15-29/h4-5,7,9-13,16,23-25,27,29,38,44H,2-3,6,8,14-15,17-22,26H2,1H3,(H,43,45)(H,46,50)/t38-/m1/s1. The van der Waals surface area contributed by atoms with Crippen molar-refractivity contribution in [3.8, 4) is 11.5 Å². The molecule has 1 amide bonds. The first-order valence-electron chi connectivity index (χ1n) is 19.6. The minimum Gasteiger partial charge on any atom is -0.455 e. The third-order valence-corrected chi connectivity index (χ3v) is 12.8. The first-order valence-corrected chi connectivity index (χ1v) is 21.1. The molecule has 0 radical (unpaired) electrons. The monoisotopic (exact) mass is 793 g/mol. The van der Waals surface area contributed by atoms with Crippen LogP contribution in [-0.4, -0.2) is 80.1 Å². The second-order valence-corrected chi connectivity index (χ2v) is 16.8. The highest BCUT2D eigenvalue weighted by molar-refractivity contribution is 7.90. The maximum Gasteiger partial charge on any atom is 0.293 e. The number of hydrogen-bond acceptors (Lipinski definition) is 11. The van der Waals surface area contributed by atoms with Crippen LogP contribution in [0.25, 0.3) is 11.0 Å². The average molecular weight is 794 g/mol. The number of sulfonamides is 1. The number of ether oxygens (including phenoxy) is 2. The van der Waals surface area contributed by atoms with Crippen molar-refractivity contribution in [2.45, 2.75) is 56.4 Å². The lowest BCUT2D eigenvalue weighted by Crippen LogP contribution is -2.47. The van der Waals surface area contributed by atoms with Gasteiger partial charge in [0.1, 0.15) is 22.8 Å². The van der Waals surface area contributed by atoms with Crippen molar-refractivity contribution in [3.63, 3.8) is 0 Å². The minimum absolute atomic E-state index is 0.0233. The highest BCUT2D eigenvalue weighted by atomic mass is 32.2. The Morgan fingerprint density at radius 3 is 2.65 bits per heavy atom. The number of aromatic amines is 1. The van der Waals surface area contributed by atoms with E-state index in [1.54, 1.807) is 30.5 Å². The van der Waals surface area contributed by atoms with Crippen molar-refractivity contribution in [1.29, 1.82) is 0 Å². The van der Waals surface area contributed by atoms with Crippen LogP contribution < -0.4 is 19.7 Å². The summed E-state index contributed by atoms with van der Waals surface area (Å²) in [6, 6.07) is 19.4. The van der Waals surface area contributed by atoms with E-state index in [0.717, 1.165) is 69.0 Å². The third kappa shape index (κ3) is 8.46. The van der Waals surface area contributed by atoms with Crippen LogP contribution in [0.2, 0.25) is 0 Å². The molecule has 2 fully saturated rings. The van der Waals surface area contributed by atoms with Crippen molar-refractivity contribution < 1.29 is 27.6 Å². The molecular formula is C42H47N7O7S. The Kier molecular flexibility index (Phi) is 11.1. The van der Waals surface area contributed by atoms with Crippen LogP contribution >= 0.6 is 0 Å². The molecule has 5 aromatic rings. The van der Waals surface area contributed by atoms with Gasteiger partial charge in [0, 0.05) is 81.4 Å². The molecule has 2 aliphatic heterocycles. The molecule has 4 heterocycles. The van der Waals surface area contributed by atoms with E-state index >= 15 is 0 Å². The summed E-state index contributed by atoms with van der Waals surface area (Å²) in [5.41, 5.74) is 5.57. The van der Waals surface area contributed by atoms with E-state index in [1.165, 1.54) is 47.9 Å². The summed E-state index contributed by atoms with van der Waals surface area (Å²) in [5.74, 6) is -0.152. The van der Waals surface area contributed by atoms with E-state index in [9.17, 15) is 23.3 Å². The lowest BCUT2D eigenvalue weighted by molar-refractivity contribution is -0.384. The van der Waals surface area contributed by atoms with Gasteiger partial charge < -0.3 is 24.7 Å². The number of amides is 1. The van der Waals surface area contributed by atoms with Crippen LogP contribution in [0.15, 0.2) is 84.0 Å². The number of nitrogens with one attached hydrogen (secondary N) is 3. The van der Waals surface area contributed by atoms with E-state index in [4.69, 9.17) is 9.47 Å². The van der Waals surface area contributed by atoms with Gasteiger partial charge in [-0.25, -0.2) is 18.1 Å². The van der Waals surface area contributed by atoms with Gasteiger partial charge in [-0.1, -0.05) is 24.6 Å². The number of carbonyl (C=O) groups excluding carboxylic acids is 1. The molecule has 0 saturated carbocycles. The van der Waals surface area contributed by atoms with Gasteiger partial charge in [-0.2, -0.15) is 0 Å². The van der Waals surface area contributed by atoms with Gasteiger partial charge >= 0.3 is 0 Å². The average Bonchev–Trinajstić information content (AvgIpc) is 3.58. The topological polar surface area (TPSA) is 172 Å². The molecule has 1 atom stereocenters. The maximum absolute atomic E-state index is 13.9. The highest BCUT2D eigenvalue weighted by Crippen LogP contribution is 2.37. The van der Waals surface area contributed by atoms with E-state index in [0.29, 0.717) is 37.2 Å². The van der Waals surface area contributed by atoms with Crippen LogP contribution in [-0.2, 0) is 21.2 Å². The van der Waals surface area contributed by atoms with Crippen LogP contribution in [0.1, 0.15) is 65.2 Å². The fourth-order valence-corrected chi connectivity index (χ4v) is 9.33. The van der Waals surface area contributed by atoms with Gasteiger partial charge in [-0.15, -0.1) is 0 Å². The van der Waals surface area contributed by atoms with Crippen LogP contribution in [0.5, 0.6) is 11.5 Å². The number of rotatable bonds is 11. The molecule has 2 aromatic heterocycles. The van der Waals surface area contributed by atoms with Crippen LogP contribution in [0.4, 0.5) is 17.1 Å².